The molecule has 130 valence electrons. The summed E-state index contributed by atoms with van der Waals surface area (Å²) in [5.74, 6) is 0.698. The summed E-state index contributed by atoms with van der Waals surface area (Å²) in [6.07, 6.45) is 1.80. The highest BCUT2D eigenvalue weighted by molar-refractivity contribution is 6.01. The molecule has 2 aromatic carbocycles. The summed E-state index contributed by atoms with van der Waals surface area (Å²) < 4.78 is 16.3. The second-order valence-corrected chi connectivity index (χ2v) is 5.64. The zero-order valence-electron chi connectivity index (χ0n) is 14.3. The smallest absolute Gasteiger partial charge is 0.360 e. The lowest BCUT2D eigenvalue weighted by atomic mass is 10.1. The van der Waals surface area contributed by atoms with Gasteiger partial charge in [0.1, 0.15) is 5.75 Å². The second kappa shape index (κ2) is 6.40. The first-order chi connectivity index (χ1) is 12.7. The number of methoxy groups -OCH3 is 2. The van der Waals surface area contributed by atoms with Gasteiger partial charge in [-0.2, -0.15) is 0 Å². The first kappa shape index (κ1) is 16.0. The normalized spacial score (nSPS) is 10.8. The molecule has 0 aliphatic carbocycles. The molecule has 0 spiro atoms. The molecule has 2 heterocycles. The van der Waals surface area contributed by atoms with E-state index in [1.54, 1.807) is 13.3 Å². The number of benzene rings is 2. The Morgan fingerprint density at radius 2 is 1.81 bits per heavy atom. The highest BCUT2D eigenvalue weighted by atomic mass is 16.5. The van der Waals surface area contributed by atoms with Crippen LogP contribution < -0.4 is 4.74 Å². The monoisotopic (exact) mass is 348 g/mol. The van der Waals surface area contributed by atoms with Crippen LogP contribution in [-0.2, 0) is 4.74 Å². The van der Waals surface area contributed by atoms with Crippen LogP contribution in [0, 0.1) is 0 Å². The number of nitrogens with zero attached hydrogens (tertiary/aromatic N) is 1. The Bertz CT molecular complexity index is 1090. The standard InChI is InChI=1S/C20H16N2O4/c1-24-16-10-6-4-8-13(16)19-22-17(20(23)25-2)18(26-19)14-11-21-15-9-5-3-7-12(14)15/h3-11,21H,1-2H3. The maximum Gasteiger partial charge on any atom is 0.360 e. The van der Waals surface area contributed by atoms with Crippen molar-refractivity contribution in [3.8, 4) is 28.5 Å². The molecule has 0 atom stereocenters. The molecule has 0 radical (unpaired) electrons. The predicted octanol–water partition coefficient (Wildman–Crippen LogP) is 4.29. The number of fused-ring (bicyclic) bond motifs is 1. The first-order valence-electron chi connectivity index (χ1n) is 8.02. The van der Waals surface area contributed by atoms with Crippen LogP contribution in [0.3, 0.4) is 0 Å². The maximum atomic E-state index is 12.3. The number of rotatable bonds is 4. The van der Waals surface area contributed by atoms with E-state index in [0.717, 1.165) is 16.5 Å². The number of H-pyrrole nitrogens is 1. The molecular formula is C20H16N2O4. The lowest BCUT2D eigenvalue weighted by Gasteiger charge is -2.03. The summed E-state index contributed by atoms with van der Waals surface area (Å²) >= 11 is 0. The third-order valence-corrected chi connectivity index (χ3v) is 4.18. The maximum absolute atomic E-state index is 12.3. The van der Waals surface area contributed by atoms with Gasteiger partial charge in [-0.05, 0) is 18.2 Å². The molecule has 0 bridgehead atoms. The van der Waals surface area contributed by atoms with Crippen molar-refractivity contribution in [3.05, 3.63) is 60.4 Å². The van der Waals surface area contributed by atoms with Crippen molar-refractivity contribution in [1.82, 2.24) is 9.97 Å². The molecule has 6 heteroatoms. The molecule has 0 aliphatic rings. The molecule has 26 heavy (non-hydrogen) atoms. The molecule has 1 N–H and O–H groups in total. The zero-order valence-corrected chi connectivity index (χ0v) is 14.3. The average molecular weight is 348 g/mol. The van der Waals surface area contributed by atoms with Gasteiger partial charge in [0, 0.05) is 22.7 Å². The first-order valence-corrected chi connectivity index (χ1v) is 8.02. The summed E-state index contributed by atoms with van der Waals surface area (Å²) in [5.41, 5.74) is 2.47. The molecule has 2 aromatic heterocycles. The SMILES string of the molecule is COC(=O)c1nc(-c2ccccc2OC)oc1-c1c[nH]c2ccccc12. The number of para-hydroxylation sites is 2. The van der Waals surface area contributed by atoms with Crippen LogP contribution in [0.2, 0.25) is 0 Å². The number of hydrogen-bond acceptors (Lipinski definition) is 5. The van der Waals surface area contributed by atoms with Crippen LogP contribution in [0.4, 0.5) is 0 Å². The number of oxazole rings is 1. The van der Waals surface area contributed by atoms with Crippen molar-refractivity contribution in [1.29, 1.82) is 0 Å². The molecule has 0 amide bonds. The Morgan fingerprint density at radius 1 is 1.04 bits per heavy atom. The van der Waals surface area contributed by atoms with E-state index in [1.807, 2.05) is 48.5 Å². The van der Waals surface area contributed by atoms with Gasteiger partial charge < -0.3 is 18.9 Å². The van der Waals surface area contributed by atoms with Crippen molar-refractivity contribution in [2.75, 3.05) is 14.2 Å². The van der Waals surface area contributed by atoms with Crippen molar-refractivity contribution in [2.24, 2.45) is 0 Å². The Kier molecular flexibility index (Phi) is 3.93. The number of hydrogen-bond donors (Lipinski definition) is 1. The van der Waals surface area contributed by atoms with Gasteiger partial charge in [-0.1, -0.05) is 30.3 Å². The van der Waals surface area contributed by atoms with Gasteiger partial charge in [-0.25, -0.2) is 9.78 Å². The summed E-state index contributed by atoms with van der Waals surface area (Å²) in [5, 5.41) is 0.931. The van der Waals surface area contributed by atoms with E-state index in [9.17, 15) is 4.79 Å². The number of carbonyl (C=O) groups is 1. The fourth-order valence-electron chi connectivity index (χ4n) is 2.93. The number of aromatic amines is 1. The fourth-order valence-corrected chi connectivity index (χ4v) is 2.93. The van der Waals surface area contributed by atoms with Gasteiger partial charge in [0.2, 0.25) is 5.89 Å². The van der Waals surface area contributed by atoms with Crippen molar-refractivity contribution in [2.45, 2.75) is 0 Å². The number of aromatic nitrogens is 2. The topological polar surface area (TPSA) is 77.3 Å². The highest BCUT2D eigenvalue weighted by Gasteiger charge is 2.25. The average Bonchev–Trinajstić information content (AvgIpc) is 3.31. The lowest BCUT2D eigenvalue weighted by molar-refractivity contribution is 0.0595. The minimum absolute atomic E-state index is 0.123. The van der Waals surface area contributed by atoms with Crippen molar-refractivity contribution < 1.29 is 18.7 Å². The molecule has 0 aliphatic heterocycles. The number of esters is 1. The van der Waals surface area contributed by atoms with Crippen LogP contribution in [-0.4, -0.2) is 30.2 Å². The van der Waals surface area contributed by atoms with Crippen LogP contribution in [0.25, 0.3) is 33.7 Å². The highest BCUT2D eigenvalue weighted by Crippen LogP contribution is 2.37. The number of nitrogens with one attached hydrogen (secondary N) is 1. The van der Waals surface area contributed by atoms with Gasteiger partial charge in [-0.15, -0.1) is 0 Å². The van der Waals surface area contributed by atoms with E-state index in [2.05, 4.69) is 9.97 Å². The van der Waals surface area contributed by atoms with E-state index < -0.39 is 5.97 Å². The number of carbonyl (C=O) groups excluding carboxylic acids is 1. The van der Waals surface area contributed by atoms with Gasteiger partial charge in [0.25, 0.3) is 0 Å². The quantitative estimate of drug-likeness (QED) is 0.557. The molecule has 0 unspecified atom stereocenters. The minimum Gasteiger partial charge on any atom is -0.496 e. The van der Waals surface area contributed by atoms with E-state index >= 15 is 0 Å². The minimum atomic E-state index is -0.560. The summed E-state index contributed by atoms with van der Waals surface area (Å²) in [6, 6.07) is 15.1. The Hall–Kier alpha value is -3.54. The van der Waals surface area contributed by atoms with E-state index in [1.165, 1.54) is 7.11 Å². The molecule has 4 aromatic rings. The molecular weight excluding hydrogens is 332 g/mol. The number of ether oxygens (including phenoxy) is 2. The second-order valence-electron chi connectivity index (χ2n) is 5.64. The van der Waals surface area contributed by atoms with Gasteiger partial charge >= 0.3 is 5.97 Å². The Balaban J connectivity index is 1.94. The largest absolute Gasteiger partial charge is 0.496 e. The zero-order chi connectivity index (χ0) is 18.1. The van der Waals surface area contributed by atoms with Crippen LogP contribution in [0.5, 0.6) is 5.75 Å². The van der Waals surface area contributed by atoms with Crippen molar-refractivity contribution >= 4 is 16.9 Å². The molecule has 0 saturated carbocycles. The van der Waals surface area contributed by atoms with E-state index in [-0.39, 0.29) is 5.69 Å². The third kappa shape index (κ3) is 2.52. The fraction of sp³-hybridized carbons (Fsp3) is 0.100. The van der Waals surface area contributed by atoms with Crippen LogP contribution >= 0.6 is 0 Å². The lowest BCUT2D eigenvalue weighted by Crippen LogP contribution is -2.03. The summed E-state index contributed by atoms with van der Waals surface area (Å²) in [4.78, 5) is 19.8. The molecule has 0 saturated heterocycles. The molecule has 6 nitrogen and oxygen atoms in total. The predicted molar refractivity (Wildman–Crippen MR) is 97.1 cm³/mol. The van der Waals surface area contributed by atoms with E-state index in [0.29, 0.717) is 23.0 Å². The Labute approximate surface area is 149 Å². The van der Waals surface area contributed by atoms with Crippen LogP contribution in [0.15, 0.2) is 59.1 Å². The molecule has 0 fully saturated rings. The van der Waals surface area contributed by atoms with E-state index in [4.69, 9.17) is 13.9 Å². The van der Waals surface area contributed by atoms with Gasteiger partial charge in [0.15, 0.2) is 11.5 Å². The van der Waals surface area contributed by atoms with Crippen LogP contribution in [0.1, 0.15) is 10.5 Å². The van der Waals surface area contributed by atoms with Crippen molar-refractivity contribution in [3.63, 3.8) is 0 Å². The summed E-state index contributed by atoms with van der Waals surface area (Å²) in [6.45, 7) is 0. The van der Waals surface area contributed by atoms with Gasteiger partial charge in [0.05, 0.1) is 19.8 Å². The third-order valence-electron chi connectivity index (χ3n) is 4.18. The summed E-state index contributed by atoms with van der Waals surface area (Å²) in [7, 11) is 2.89. The van der Waals surface area contributed by atoms with Gasteiger partial charge in [-0.3, -0.25) is 0 Å². The molecule has 4 rings (SSSR count). The Morgan fingerprint density at radius 3 is 2.62 bits per heavy atom.